The van der Waals surface area contributed by atoms with E-state index in [0.717, 1.165) is 0 Å². The van der Waals surface area contributed by atoms with Gasteiger partial charge in [0.05, 0.1) is 13.5 Å². The maximum Gasteiger partial charge on any atom is 0.404 e. The lowest BCUT2D eigenvalue weighted by molar-refractivity contribution is -0.156. The summed E-state index contributed by atoms with van der Waals surface area (Å²) in [6.07, 6.45) is -4.60. The maximum absolute atomic E-state index is 12.8. The Morgan fingerprint density at radius 3 is 2.47 bits per heavy atom. The predicted molar refractivity (Wildman–Crippen MR) is 64.6 cm³/mol. The molecule has 1 aromatic carbocycles. The number of nitrogens with one attached hydrogen (secondary N) is 1. The van der Waals surface area contributed by atoms with Crippen LogP contribution in [-0.2, 0) is 16.0 Å². The SMILES string of the molecule is COC(=O)CCNC(Cc1ccccc1)C(F)(F)F. The summed E-state index contributed by atoms with van der Waals surface area (Å²) >= 11 is 0. The highest BCUT2D eigenvalue weighted by molar-refractivity contribution is 5.69. The van der Waals surface area contributed by atoms with Crippen LogP contribution in [0.3, 0.4) is 0 Å². The van der Waals surface area contributed by atoms with Gasteiger partial charge in [-0.3, -0.25) is 4.79 Å². The molecule has 0 bridgehead atoms. The highest BCUT2D eigenvalue weighted by Crippen LogP contribution is 2.23. The zero-order valence-electron chi connectivity index (χ0n) is 10.5. The first-order chi connectivity index (χ1) is 8.93. The fraction of sp³-hybridized carbons (Fsp3) is 0.462. The zero-order chi connectivity index (χ0) is 14.3. The van der Waals surface area contributed by atoms with Crippen molar-refractivity contribution >= 4 is 5.97 Å². The molecule has 0 fully saturated rings. The molecule has 0 amide bonds. The molecule has 1 N–H and O–H groups in total. The summed E-state index contributed by atoms with van der Waals surface area (Å²) in [4.78, 5) is 10.9. The van der Waals surface area contributed by atoms with Gasteiger partial charge in [-0.2, -0.15) is 13.2 Å². The molecule has 3 nitrogen and oxygen atoms in total. The molecular weight excluding hydrogens is 259 g/mol. The van der Waals surface area contributed by atoms with Crippen LogP contribution in [0.25, 0.3) is 0 Å². The first-order valence-corrected chi connectivity index (χ1v) is 5.84. The van der Waals surface area contributed by atoms with Crippen LogP contribution in [0.15, 0.2) is 30.3 Å². The van der Waals surface area contributed by atoms with Crippen LogP contribution >= 0.6 is 0 Å². The largest absolute Gasteiger partial charge is 0.469 e. The van der Waals surface area contributed by atoms with Gasteiger partial charge in [0.25, 0.3) is 0 Å². The quantitative estimate of drug-likeness (QED) is 0.810. The Labute approximate surface area is 109 Å². The van der Waals surface area contributed by atoms with Crippen molar-refractivity contribution in [2.24, 2.45) is 0 Å². The van der Waals surface area contributed by atoms with E-state index in [9.17, 15) is 18.0 Å². The van der Waals surface area contributed by atoms with E-state index in [2.05, 4.69) is 10.1 Å². The van der Waals surface area contributed by atoms with Crippen molar-refractivity contribution in [2.45, 2.75) is 25.1 Å². The molecule has 1 rings (SSSR count). The number of benzene rings is 1. The lowest BCUT2D eigenvalue weighted by atomic mass is 10.1. The number of carbonyl (C=O) groups excluding carboxylic acids is 1. The molecule has 1 atom stereocenters. The number of hydrogen-bond donors (Lipinski definition) is 1. The molecule has 0 heterocycles. The Morgan fingerprint density at radius 1 is 1.32 bits per heavy atom. The first-order valence-electron chi connectivity index (χ1n) is 5.84. The van der Waals surface area contributed by atoms with Gasteiger partial charge in [0, 0.05) is 6.54 Å². The van der Waals surface area contributed by atoms with E-state index in [1.807, 2.05) is 0 Å². The van der Waals surface area contributed by atoms with Crippen molar-refractivity contribution in [3.63, 3.8) is 0 Å². The van der Waals surface area contributed by atoms with E-state index < -0.39 is 18.2 Å². The lowest BCUT2D eigenvalue weighted by Gasteiger charge is -2.21. The molecule has 19 heavy (non-hydrogen) atoms. The number of carbonyl (C=O) groups is 1. The minimum atomic E-state index is -4.36. The molecule has 0 radical (unpaired) electrons. The van der Waals surface area contributed by atoms with Gasteiger partial charge >= 0.3 is 12.1 Å². The second-order valence-electron chi connectivity index (χ2n) is 4.06. The molecule has 106 valence electrons. The van der Waals surface area contributed by atoms with Gasteiger partial charge in [-0.05, 0) is 12.0 Å². The molecule has 6 heteroatoms. The van der Waals surface area contributed by atoms with Gasteiger partial charge in [0.2, 0.25) is 0 Å². The van der Waals surface area contributed by atoms with Gasteiger partial charge < -0.3 is 10.1 Å². The molecule has 0 aliphatic rings. The van der Waals surface area contributed by atoms with Gasteiger partial charge in [0.1, 0.15) is 6.04 Å². The summed E-state index contributed by atoms with van der Waals surface area (Å²) in [5.41, 5.74) is 0.593. The number of halogens is 3. The molecule has 1 unspecified atom stereocenters. The Bertz CT molecular complexity index is 393. The lowest BCUT2D eigenvalue weighted by Crippen LogP contribution is -2.44. The zero-order valence-corrected chi connectivity index (χ0v) is 10.5. The van der Waals surface area contributed by atoms with Gasteiger partial charge in [-0.1, -0.05) is 30.3 Å². The van der Waals surface area contributed by atoms with E-state index in [4.69, 9.17) is 0 Å². The second kappa shape index (κ2) is 7.13. The van der Waals surface area contributed by atoms with Gasteiger partial charge in [-0.15, -0.1) is 0 Å². The summed E-state index contributed by atoms with van der Waals surface area (Å²) in [6.45, 7) is -0.0658. The minimum absolute atomic E-state index is 0.0658. The average molecular weight is 275 g/mol. The summed E-state index contributed by atoms with van der Waals surface area (Å²) in [5.74, 6) is -0.534. The van der Waals surface area contributed by atoms with Crippen molar-refractivity contribution in [3.05, 3.63) is 35.9 Å². The second-order valence-corrected chi connectivity index (χ2v) is 4.06. The summed E-state index contributed by atoms with van der Waals surface area (Å²) in [5, 5.41) is 2.35. The van der Waals surface area contributed by atoms with Crippen LogP contribution in [0.4, 0.5) is 13.2 Å². The molecule has 0 aliphatic carbocycles. The summed E-state index contributed by atoms with van der Waals surface area (Å²) in [7, 11) is 1.20. The monoisotopic (exact) mass is 275 g/mol. The van der Waals surface area contributed by atoms with Gasteiger partial charge in [-0.25, -0.2) is 0 Å². The molecule has 0 saturated heterocycles. The molecule has 0 aromatic heterocycles. The highest BCUT2D eigenvalue weighted by Gasteiger charge is 2.39. The van der Waals surface area contributed by atoms with E-state index in [-0.39, 0.29) is 19.4 Å². The fourth-order valence-corrected chi connectivity index (χ4v) is 1.60. The van der Waals surface area contributed by atoms with Crippen LogP contribution in [0.1, 0.15) is 12.0 Å². The van der Waals surface area contributed by atoms with Crippen LogP contribution in [0.5, 0.6) is 0 Å². The fourth-order valence-electron chi connectivity index (χ4n) is 1.60. The minimum Gasteiger partial charge on any atom is -0.469 e. The third kappa shape index (κ3) is 5.74. The Kier molecular flexibility index (Phi) is 5.82. The van der Waals surface area contributed by atoms with Crippen LogP contribution in [-0.4, -0.2) is 31.8 Å². The molecule has 0 saturated carbocycles. The van der Waals surface area contributed by atoms with Crippen molar-refractivity contribution in [1.82, 2.24) is 5.32 Å². The normalized spacial score (nSPS) is 13.1. The van der Waals surface area contributed by atoms with E-state index in [0.29, 0.717) is 5.56 Å². The van der Waals surface area contributed by atoms with E-state index in [1.54, 1.807) is 30.3 Å². The number of methoxy groups -OCH3 is 1. The summed E-state index contributed by atoms with van der Waals surface area (Å²) < 4.78 is 42.9. The van der Waals surface area contributed by atoms with Crippen LogP contribution < -0.4 is 5.32 Å². The van der Waals surface area contributed by atoms with Crippen LogP contribution in [0.2, 0.25) is 0 Å². The molecule has 1 aromatic rings. The standard InChI is InChI=1S/C13H16F3NO2/c1-19-12(18)7-8-17-11(13(14,15)16)9-10-5-3-2-4-6-10/h2-6,11,17H,7-9H2,1H3. The third-order valence-electron chi connectivity index (χ3n) is 2.63. The smallest absolute Gasteiger partial charge is 0.404 e. The number of esters is 1. The first kappa shape index (κ1) is 15.5. The average Bonchev–Trinajstić information content (AvgIpc) is 2.37. The van der Waals surface area contributed by atoms with E-state index >= 15 is 0 Å². The molecule has 0 spiro atoms. The van der Waals surface area contributed by atoms with Crippen molar-refractivity contribution in [2.75, 3.05) is 13.7 Å². The molecule has 0 aliphatic heterocycles. The highest BCUT2D eigenvalue weighted by atomic mass is 19.4. The summed E-state index contributed by atoms with van der Waals surface area (Å²) in [6, 6.07) is 6.74. The Morgan fingerprint density at radius 2 is 1.95 bits per heavy atom. The topological polar surface area (TPSA) is 38.3 Å². The van der Waals surface area contributed by atoms with Crippen molar-refractivity contribution < 1.29 is 22.7 Å². The van der Waals surface area contributed by atoms with E-state index in [1.165, 1.54) is 7.11 Å². The van der Waals surface area contributed by atoms with Crippen LogP contribution in [0, 0.1) is 0 Å². The predicted octanol–water partition coefficient (Wildman–Crippen LogP) is 2.31. The van der Waals surface area contributed by atoms with Crippen molar-refractivity contribution in [3.8, 4) is 0 Å². The van der Waals surface area contributed by atoms with Gasteiger partial charge in [0.15, 0.2) is 0 Å². The number of rotatable bonds is 6. The number of alkyl halides is 3. The number of hydrogen-bond acceptors (Lipinski definition) is 3. The Balaban J connectivity index is 2.56. The third-order valence-corrected chi connectivity index (χ3v) is 2.63. The maximum atomic E-state index is 12.8. The Hall–Kier alpha value is -1.56. The number of ether oxygens (including phenoxy) is 1. The van der Waals surface area contributed by atoms with Crippen molar-refractivity contribution in [1.29, 1.82) is 0 Å². The molecular formula is C13H16F3NO2.